The lowest BCUT2D eigenvalue weighted by Crippen LogP contribution is -2.42. The molecular weight excluding hydrogens is 472 g/mol. The smallest absolute Gasteiger partial charge is 0.407 e. The molecule has 2 amide bonds. The zero-order valence-corrected chi connectivity index (χ0v) is 21.2. The minimum Gasteiger partial charge on any atom is -0.465 e. The van der Waals surface area contributed by atoms with E-state index >= 15 is 0 Å². The van der Waals surface area contributed by atoms with Crippen molar-refractivity contribution < 1.29 is 14.7 Å². The topological polar surface area (TPSA) is 121 Å². The number of aryl methyl sites for hydroxylation is 1. The summed E-state index contributed by atoms with van der Waals surface area (Å²) in [5.41, 5.74) is 3.00. The molecule has 2 aliphatic rings. The standard InChI is InChI=1S/C27H32N6O4/c1-17-5-3-4-6-22(17)23-15-19-16-28-26(29-20-7-11-32(12-8-20)27(36)37)30-24(19)33(25(23)35)21-9-13-31(14-10-21)18(2)34/h3-6,15-16,20-21H,7-14H2,1-2H3,(H,36,37)(H,28,29,30). The van der Waals surface area contributed by atoms with E-state index in [1.165, 1.54) is 4.90 Å². The van der Waals surface area contributed by atoms with Crippen molar-refractivity contribution in [3.05, 3.63) is 52.4 Å². The van der Waals surface area contributed by atoms with Crippen LogP contribution in [0, 0.1) is 6.92 Å². The highest BCUT2D eigenvalue weighted by molar-refractivity contribution is 5.82. The second-order valence-corrected chi connectivity index (χ2v) is 9.95. The third-order valence-electron chi connectivity index (χ3n) is 7.58. The van der Waals surface area contributed by atoms with Crippen LogP contribution in [0.4, 0.5) is 10.7 Å². The van der Waals surface area contributed by atoms with Crippen LogP contribution in [0.5, 0.6) is 0 Å². The maximum Gasteiger partial charge on any atom is 0.407 e. The number of fused-ring (bicyclic) bond motifs is 1. The Morgan fingerprint density at radius 1 is 1.00 bits per heavy atom. The predicted molar refractivity (Wildman–Crippen MR) is 141 cm³/mol. The molecule has 2 N–H and O–H groups in total. The van der Waals surface area contributed by atoms with Gasteiger partial charge in [0.25, 0.3) is 5.56 Å². The van der Waals surface area contributed by atoms with Gasteiger partial charge in [-0.3, -0.25) is 14.2 Å². The average Bonchev–Trinajstić information content (AvgIpc) is 2.89. The highest BCUT2D eigenvalue weighted by Crippen LogP contribution is 2.29. The Morgan fingerprint density at radius 2 is 1.68 bits per heavy atom. The molecule has 10 heteroatoms. The lowest BCUT2D eigenvalue weighted by molar-refractivity contribution is -0.130. The fourth-order valence-electron chi connectivity index (χ4n) is 5.43. The van der Waals surface area contributed by atoms with E-state index in [0.29, 0.717) is 69.0 Å². The lowest BCUT2D eigenvalue weighted by atomic mass is 9.99. The molecule has 0 aliphatic carbocycles. The molecule has 2 aromatic heterocycles. The second kappa shape index (κ2) is 10.2. The summed E-state index contributed by atoms with van der Waals surface area (Å²) in [4.78, 5) is 49.7. The first-order valence-corrected chi connectivity index (χ1v) is 12.8. The summed E-state index contributed by atoms with van der Waals surface area (Å²) in [6.07, 6.45) is 3.52. The number of hydrogen-bond donors (Lipinski definition) is 2. The summed E-state index contributed by atoms with van der Waals surface area (Å²) < 4.78 is 1.80. The van der Waals surface area contributed by atoms with E-state index in [0.717, 1.165) is 16.5 Å². The number of benzene rings is 1. The molecule has 1 aromatic carbocycles. The SMILES string of the molecule is CC(=O)N1CCC(n2c(=O)c(-c3ccccc3C)cc3cnc(NC4CCN(C(=O)O)CC4)nc32)CC1. The molecule has 2 fully saturated rings. The summed E-state index contributed by atoms with van der Waals surface area (Å²) in [6.45, 7) is 5.68. The number of carbonyl (C=O) groups is 2. The number of amides is 2. The molecule has 0 unspecified atom stereocenters. The van der Waals surface area contributed by atoms with Crippen molar-refractivity contribution in [2.24, 2.45) is 0 Å². The molecule has 2 aliphatic heterocycles. The van der Waals surface area contributed by atoms with Gasteiger partial charge in [0.05, 0.1) is 0 Å². The molecule has 5 rings (SSSR count). The summed E-state index contributed by atoms with van der Waals surface area (Å²) in [5.74, 6) is 0.478. The van der Waals surface area contributed by atoms with Gasteiger partial charge in [-0.1, -0.05) is 24.3 Å². The van der Waals surface area contributed by atoms with Crippen LogP contribution < -0.4 is 10.9 Å². The van der Waals surface area contributed by atoms with Crippen LogP contribution in [-0.4, -0.2) is 73.7 Å². The summed E-state index contributed by atoms with van der Waals surface area (Å²) >= 11 is 0. The van der Waals surface area contributed by atoms with Gasteiger partial charge in [-0.05, 0) is 49.8 Å². The maximum absolute atomic E-state index is 14.0. The van der Waals surface area contributed by atoms with Crippen LogP contribution in [0.1, 0.15) is 44.2 Å². The average molecular weight is 505 g/mol. The van der Waals surface area contributed by atoms with Crippen LogP contribution in [0.15, 0.2) is 41.3 Å². The Labute approximate surface area is 214 Å². The zero-order valence-electron chi connectivity index (χ0n) is 21.2. The molecule has 37 heavy (non-hydrogen) atoms. The molecule has 4 heterocycles. The van der Waals surface area contributed by atoms with Crippen molar-refractivity contribution in [1.29, 1.82) is 0 Å². The molecule has 0 radical (unpaired) electrons. The summed E-state index contributed by atoms with van der Waals surface area (Å²) in [6, 6.07) is 9.68. The molecule has 0 atom stereocenters. The van der Waals surface area contributed by atoms with Gasteiger partial charge < -0.3 is 20.2 Å². The van der Waals surface area contributed by atoms with Crippen molar-refractivity contribution in [2.45, 2.75) is 51.6 Å². The summed E-state index contributed by atoms with van der Waals surface area (Å²) in [5, 5.41) is 13.3. The number of hydrogen-bond acceptors (Lipinski definition) is 6. The number of rotatable bonds is 4. The minimum absolute atomic E-state index is 0.0482. The number of nitrogens with one attached hydrogen (secondary N) is 1. The van der Waals surface area contributed by atoms with Gasteiger partial charge in [-0.2, -0.15) is 4.98 Å². The van der Waals surface area contributed by atoms with Crippen molar-refractivity contribution in [2.75, 3.05) is 31.5 Å². The number of carboxylic acid groups (broad SMARTS) is 1. The van der Waals surface area contributed by atoms with Crippen molar-refractivity contribution in [3.8, 4) is 11.1 Å². The van der Waals surface area contributed by atoms with Crippen LogP contribution in [-0.2, 0) is 4.79 Å². The van der Waals surface area contributed by atoms with Gasteiger partial charge in [-0.15, -0.1) is 0 Å². The van der Waals surface area contributed by atoms with Crippen LogP contribution in [0.3, 0.4) is 0 Å². The minimum atomic E-state index is -0.898. The Kier molecular flexibility index (Phi) is 6.82. The molecule has 0 spiro atoms. The van der Waals surface area contributed by atoms with Gasteiger partial charge >= 0.3 is 6.09 Å². The molecule has 0 bridgehead atoms. The maximum atomic E-state index is 14.0. The van der Waals surface area contributed by atoms with E-state index in [2.05, 4.69) is 10.3 Å². The first kappa shape index (κ1) is 24.7. The highest BCUT2D eigenvalue weighted by atomic mass is 16.4. The van der Waals surface area contributed by atoms with Crippen molar-refractivity contribution >= 4 is 29.0 Å². The fourth-order valence-corrected chi connectivity index (χ4v) is 5.43. The van der Waals surface area contributed by atoms with Crippen molar-refractivity contribution in [3.63, 3.8) is 0 Å². The van der Waals surface area contributed by atoms with E-state index in [4.69, 9.17) is 4.98 Å². The Balaban J connectivity index is 1.53. The molecule has 194 valence electrons. The zero-order chi connectivity index (χ0) is 26.1. The molecular formula is C27H32N6O4. The summed E-state index contributed by atoms with van der Waals surface area (Å²) in [7, 11) is 0. The number of carbonyl (C=O) groups excluding carboxylic acids is 1. The molecule has 3 aromatic rings. The van der Waals surface area contributed by atoms with E-state index in [9.17, 15) is 19.5 Å². The Bertz CT molecular complexity index is 1390. The molecule has 0 saturated carbocycles. The second-order valence-electron chi connectivity index (χ2n) is 9.95. The van der Waals surface area contributed by atoms with E-state index in [1.54, 1.807) is 17.7 Å². The highest BCUT2D eigenvalue weighted by Gasteiger charge is 2.27. The van der Waals surface area contributed by atoms with Crippen LogP contribution in [0.25, 0.3) is 22.2 Å². The van der Waals surface area contributed by atoms with Gasteiger partial charge in [0.1, 0.15) is 5.65 Å². The number of nitrogens with zero attached hydrogens (tertiary/aromatic N) is 5. The van der Waals surface area contributed by atoms with E-state index in [-0.39, 0.29) is 23.6 Å². The number of likely N-dealkylation sites (tertiary alicyclic amines) is 2. The largest absolute Gasteiger partial charge is 0.465 e. The number of pyridine rings is 1. The first-order valence-electron chi connectivity index (χ1n) is 12.8. The Morgan fingerprint density at radius 3 is 2.32 bits per heavy atom. The fraction of sp³-hybridized carbons (Fsp3) is 0.444. The number of piperidine rings is 2. The quantitative estimate of drug-likeness (QED) is 0.558. The van der Waals surface area contributed by atoms with Crippen LogP contribution >= 0.6 is 0 Å². The van der Waals surface area contributed by atoms with Gasteiger partial charge in [0.2, 0.25) is 11.9 Å². The van der Waals surface area contributed by atoms with Gasteiger partial charge in [-0.25, -0.2) is 9.78 Å². The predicted octanol–water partition coefficient (Wildman–Crippen LogP) is 3.50. The monoisotopic (exact) mass is 504 g/mol. The van der Waals surface area contributed by atoms with Crippen LogP contribution in [0.2, 0.25) is 0 Å². The molecule has 2 saturated heterocycles. The lowest BCUT2D eigenvalue weighted by Gasteiger charge is -2.33. The van der Waals surface area contributed by atoms with E-state index < -0.39 is 6.09 Å². The third-order valence-corrected chi connectivity index (χ3v) is 7.58. The van der Waals surface area contributed by atoms with Gasteiger partial charge in [0.15, 0.2) is 0 Å². The van der Waals surface area contributed by atoms with Crippen molar-refractivity contribution in [1.82, 2.24) is 24.3 Å². The number of anilines is 1. The van der Waals surface area contributed by atoms with Gasteiger partial charge in [0, 0.05) is 62.3 Å². The Hall–Kier alpha value is -3.95. The third kappa shape index (κ3) is 5.00. The normalized spacial score (nSPS) is 17.2. The first-order chi connectivity index (χ1) is 17.8. The molecule has 10 nitrogen and oxygen atoms in total. The van der Waals surface area contributed by atoms with E-state index in [1.807, 2.05) is 42.2 Å². The number of aromatic nitrogens is 3.